The average molecular weight is 509 g/mol. The van der Waals surface area contributed by atoms with Gasteiger partial charge in [0, 0.05) is 24.4 Å². The van der Waals surface area contributed by atoms with E-state index in [0.29, 0.717) is 64.2 Å². The smallest absolute Gasteiger partial charge is 0.220 e. The van der Waals surface area contributed by atoms with Gasteiger partial charge in [-0.2, -0.15) is 4.31 Å². The molecule has 4 atom stereocenters. The van der Waals surface area contributed by atoms with Gasteiger partial charge in [-0.05, 0) is 76.5 Å². The fourth-order valence-corrected chi connectivity index (χ4v) is 8.59. The van der Waals surface area contributed by atoms with Gasteiger partial charge < -0.3 is 15.2 Å². The fraction of sp³-hybridized carbons (Fsp3) is 0.957. The summed E-state index contributed by atoms with van der Waals surface area (Å²) in [5, 5.41) is 12.4. The third kappa shape index (κ3) is 6.21. The number of rotatable bonds is 6. The van der Waals surface area contributed by atoms with Gasteiger partial charge in [-0.25, -0.2) is 12.8 Å². The molecule has 4 fully saturated rings. The molecule has 0 radical (unpaired) electrons. The Morgan fingerprint density at radius 3 is 2.42 bits per heavy atom. The molecule has 0 aromatic rings. The summed E-state index contributed by atoms with van der Waals surface area (Å²) in [4.78, 5) is 12.7. The molecule has 4 aliphatic rings. The van der Waals surface area contributed by atoms with Crippen molar-refractivity contribution in [1.29, 1.82) is 0 Å². The summed E-state index contributed by atoms with van der Waals surface area (Å²) >= 11 is 6.20. The molecule has 4 rings (SSSR count). The maximum Gasteiger partial charge on any atom is 0.220 e. The van der Waals surface area contributed by atoms with Crippen LogP contribution in [0, 0.1) is 5.92 Å². The molecule has 3 saturated carbocycles. The Hall–Kier alpha value is -0.480. The molecule has 7 nitrogen and oxygen atoms in total. The minimum absolute atomic E-state index is 0.0273. The predicted octanol–water partition coefficient (Wildman–Crippen LogP) is 2.88. The number of halogens is 2. The number of hydrogen-bond donors (Lipinski definition) is 2. The molecule has 3 aliphatic carbocycles. The molecule has 33 heavy (non-hydrogen) atoms. The summed E-state index contributed by atoms with van der Waals surface area (Å²) in [6, 6.07) is -0.450. The van der Waals surface area contributed by atoms with Crippen LogP contribution in [0.25, 0.3) is 0 Å². The maximum absolute atomic E-state index is 13.6. The van der Waals surface area contributed by atoms with E-state index in [4.69, 9.17) is 16.3 Å². The lowest BCUT2D eigenvalue weighted by Gasteiger charge is -2.48. The molecule has 1 amide bonds. The zero-order chi connectivity index (χ0) is 23.6. The summed E-state index contributed by atoms with van der Waals surface area (Å²) in [6.07, 6.45) is 5.78. The number of aliphatic hydroxyl groups excluding tert-OH is 1. The van der Waals surface area contributed by atoms with E-state index in [2.05, 4.69) is 5.32 Å². The van der Waals surface area contributed by atoms with E-state index < -0.39 is 27.5 Å². The molecule has 0 bridgehead atoms. The number of carbonyl (C=O) groups is 1. The number of morpholine rings is 1. The molecule has 1 saturated heterocycles. The molecule has 3 unspecified atom stereocenters. The van der Waals surface area contributed by atoms with Crippen LogP contribution >= 0.6 is 11.6 Å². The molecule has 1 heterocycles. The Kier molecular flexibility index (Phi) is 8.58. The van der Waals surface area contributed by atoms with Crippen LogP contribution in [0.15, 0.2) is 0 Å². The van der Waals surface area contributed by atoms with E-state index in [1.165, 1.54) is 0 Å². The zero-order valence-corrected chi connectivity index (χ0v) is 20.8. The van der Waals surface area contributed by atoms with E-state index in [9.17, 15) is 22.7 Å². The first kappa shape index (κ1) is 25.6. The van der Waals surface area contributed by atoms with Gasteiger partial charge in [0.2, 0.25) is 15.9 Å². The first-order valence-corrected chi connectivity index (χ1v) is 14.5. The van der Waals surface area contributed by atoms with Crippen LogP contribution in [-0.4, -0.2) is 78.0 Å². The molecular weight excluding hydrogens is 471 g/mol. The second kappa shape index (κ2) is 11.1. The lowest BCUT2D eigenvalue weighted by Crippen LogP contribution is -2.62. The van der Waals surface area contributed by atoms with Crippen molar-refractivity contribution in [2.24, 2.45) is 5.92 Å². The third-order valence-corrected chi connectivity index (χ3v) is 10.9. The standard InChI is InChI=1S/C23H38ClFN2O5S/c24-16-3-8-20(9-4-16)33(30,31)27-13-19(14-28)32-22-10-7-18(12-21(22)27)26-23(29)11-15-1-5-17(25)6-2-15/h15-22,28H,1-14H2,(H,26,29)/t15?,16?,17?,18?,19-,20?,21?,22?/m1/s1. The van der Waals surface area contributed by atoms with Crippen molar-refractivity contribution in [2.75, 3.05) is 13.2 Å². The van der Waals surface area contributed by atoms with E-state index in [1.807, 2.05) is 0 Å². The molecule has 0 aromatic heterocycles. The molecule has 1 aliphatic heterocycles. The highest BCUT2D eigenvalue weighted by Gasteiger charge is 2.48. The summed E-state index contributed by atoms with van der Waals surface area (Å²) in [6.45, 7) is -0.0705. The number of nitrogens with zero attached hydrogens (tertiary/aromatic N) is 1. The maximum atomic E-state index is 13.6. The summed E-state index contributed by atoms with van der Waals surface area (Å²) in [5.41, 5.74) is 0. The molecular formula is C23H38ClFN2O5S. The first-order valence-electron chi connectivity index (χ1n) is 12.6. The van der Waals surface area contributed by atoms with Gasteiger partial charge in [0.05, 0.1) is 30.1 Å². The number of hydrogen-bond acceptors (Lipinski definition) is 5. The Bertz CT molecular complexity index is 771. The minimum atomic E-state index is -3.57. The number of aliphatic hydroxyl groups is 1. The van der Waals surface area contributed by atoms with Crippen LogP contribution in [0.4, 0.5) is 4.39 Å². The predicted molar refractivity (Wildman–Crippen MR) is 124 cm³/mol. The van der Waals surface area contributed by atoms with Crippen LogP contribution in [0.3, 0.4) is 0 Å². The normalized spacial score (nSPS) is 40.7. The average Bonchev–Trinajstić information content (AvgIpc) is 2.80. The Labute approximate surface area is 201 Å². The summed E-state index contributed by atoms with van der Waals surface area (Å²) < 4.78 is 48.2. The fourth-order valence-electron chi connectivity index (χ4n) is 6.12. The van der Waals surface area contributed by atoms with Gasteiger partial charge in [-0.3, -0.25) is 4.79 Å². The first-order chi connectivity index (χ1) is 15.8. The zero-order valence-electron chi connectivity index (χ0n) is 19.2. The topological polar surface area (TPSA) is 95.9 Å². The Morgan fingerprint density at radius 1 is 1.06 bits per heavy atom. The van der Waals surface area contributed by atoms with Gasteiger partial charge in [-0.15, -0.1) is 11.6 Å². The molecule has 0 spiro atoms. The largest absolute Gasteiger partial charge is 0.394 e. The van der Waals surface area contributed by atoms with Crippen LogP contribution < -0.4 is 5.32 Å². The second-order valence-electron chi connectivity index (χ2n) is 10.4. The molecule has 2 N–H and O–H groups in total. The molecule has 190 valence electrons. The number of alkyl halides is 2. The van der Waals surface area contributed by atoms with Crippen LogP contribution in [0.2, 0.25) is 0 Å². The number of carbonyl (C=O) groups excluding carboxylic acids is 1. The van der Waals surface area contributed by atoms with E-state index >= 15 is 0 Å². The van der Waals surface area contributed by atoms with Gasteiger partial charge in [-0.1, -0.05) is 0 Å². The second-order valence-corrected chi connectivity index (χ2v) is 13.2. The van der Waals surface area contributed by atoms with Crippen molar-refractivity contribution in [3.63, 3.8) is 0 Å². The minimum Gasteiger partial charge on any atom is -0.394 e. The van der Waals surface area contributed by atoms with Gasteiger partial charge in [0.15, 0.2) is 0 Å². The highest BCUT2D eigenvalue weighted by atomic mass is 35.5. The van der Waals surface area contributed by atoms with E-state index in [-0.39, 0.29) is 48.5 Å². The highest BCUT2D eigenvalue weighted by molar-refractivity contribution is 7.89. The van der Waals surface area contributed by atoms with Crippen LogP contribution in [0.5, 0.6) is 0 Å². The Balaban J connectivity index is 1.40. The highest BCUT2D eigenvalue weighted by Crippen LogP contribution is 2.37. The van der Waals surface area contributed by atoms with Crippen molar-refractivity contribution < 1.29 is 27.4 Å². The van der Waals surface area contributed by atoms with Gasteiger partial charge >= 0.3 is 0 Å². The van der Waals surface area contributed by atoms with Crippen molar-refractivity contribution in [1.82, 2.24) is 9.62 Å². The summed E-state index contributed by atoms with van der Waals surface area (Å²) in [5.74, 6) is 0.200. The number of sulfonamides is 1. The monoisotopic (exact) mass is 508 g/mol. The van der Waals surface area contributed by atoms with Crippen molar-refractivity contribution in [3.8, 4) is 0 Å². The lowest BCUT2D eigenvalue weighted by molar-refractivity contribution is -0.132. The Morgan fingerprint density at radius 2 is 1.76 bits per heavy atom. The number of fused-ring (bicyclic) bond motifs is 1. The van der Waals surface area contributed by atoms with E-state index in [1.54, 1.807) is 4.31 Å². The lowest BCUT2D eigenvalue weighted by atomic mass is 9.85. The van der Waals surface area contributed by atoms with Crippen molar-refractivity contribution >= 4 is 27.5 Å². The van der Waals surface area contributed by atoms with E-state index in [0.717, 1.165) is 12.8 Å². The number of ether oxygens (including phenoxy) is 1. The van der Waals surface area contributed by atoms with Crippen molar-refractivity contribution in [2.45, 2.75) is 118 Å². The van der Waals surface area contributed by atoms with Crippen LogP contribution in [0.1, 0.15) is 77.0 Å². The van der Waals surface area contributed by atoms with Crippen LogP contribution in [-0.2, 0) is 19.6 Å². The summed E-state index contributed by atoms with van der Waals surface area (Å²) in [7, 11) is -3.57. The van der Waals surface area contributed by atoms with Crippen molar-refractivity contribution in [3.05, 3.63) is 0 Å². The number of nitrogens with one attached hydrogen (secondary N) is 1. The van der Waals surface area contributed by atoms with Gasteiger partial charge in [0.1, 0.15) is 6.17 Å². The third-order valence-electron chi connectivity index (χ3n) is 8.05. The SMILES string of the molecule is O=C(CC1CCC(F)CC1)NC1CCC2O[C@@H](CO)CN(S(=O)(=O)C3CCC(Cl)CC3)C2C1. The number of amides is 1. The van der Waals surface area contributed by atoms with Gasteiger partial charge in [0.25, 0.3) is 0 Å². The molecule has 10 heteroatoms. The molecule has 0 aromatic carbocycles. The quantitative estimate of drug-likeness (QED) is 0.538.